The summed E-state index contributed by atoms with van der Waals surface area (Å²) < 4.78 is 10.8. The van der Waals surface area contributed by atoms with E-state index in [2.05, 4.69) is 20.2 Å². The lowest BCUT2D eigenvalue weighted by Gasteiger charge is -2.20. The number of likely N-dealkylation sites (tertiary alicyclic amines) is 1. The van der Waals surface area contributed by atoms with Crippen molar-refractivity contribution in [3.8, 4) is 10.8 Å². The highest BCUT2D eigenvalue weighted by Crippen LogP contribution is 2.33. The van der Waals surface area contributed by atoms with E-state index >= 15 is 0 Å². The Bertz CT molecular complexity index is 749. The fourth-order valence-electron chi connectivity index (χ4n) is 2.88. The van der Waals surface area contributed by atoms with Gasteiger partial charge in [0.25, 0.3) is 5.89 Å². The Balaban J connectivity index is 1.50. The number of aryl methyl sites for hydroxylation is 1. The molecule has 3 aromatic heterocycles. The molecule has 0 aromatic carbocycles. The highest BCUT2D eigenvalue weighted by molar-refractivity contribution is 7.13. The lowest BCUT2D eigenvalue weighted by atomic mass is 10.1. The van der Waals surface area contributed by atoms with Crippen LogP contribution in [-0.4, -0.2) is 26.7 Å². The van der Waals surface area contributed by atoms with Gasteiger partial charge in [0.15, 0.2) is 11.6 Å². The molecule has 1 aliphatic heterocycles. The Kier molecular flexibility index (Phi) is 3.51. The van der Waals surface area contributed by atoms with Gasteiger partial charge in [-0.25, -0.2) is 0 Å². The highest BCUT2D eigenvalue weighted by atomic mass is 32.1. The third-order valence-corrected chi connectivity index (χ3v) is 4.74. The minimum atomic E-state index is 0.255. The second-order valence-electron chi connectivity index (χ2n) is 5.49. The Hall–Kier alpha value is -1.99. The minimum Gasteiger partial charge on any atom is -0.359 e. The summed E-state index contributed by atoms with van der Waals surface area (Å²) in [5.41, 5.74) is 0.918. The maximum Gasteiger partial charge on any atom is 0.268 e. The monoisotopic (exact) mass is 316 g/mol. The maximum atomic E-state index is 5.43. The molecule has 1 atom stereocenters. The van der Waals surface area contributed by atoms with Crippen LogP contribution in [0.3, 0.4) is 0 Å². The molecule has 4 heterocycles. The van der Waals surface area contributed by atoms with Crippen LogP contribution in [0.15, 0.2) is 32.6 Å². The summed E-state index contributed by atoms with van der Waals surface area (Å²) >= 11 is 1.60. The van der Waals surface area contributed by atoms with Crippen molar-refractivity contribution in [3.05, 3.63) is 40.9 Å². The van der Waals surface area contributed by atoms with Gasteiger partial charge in [-0.2, -0.15) is 4.98 Å². The van der Waals surface area contributed by atoms with Crippen LogP contribution in [0.25, 0.3) is 10.8 Å². The van der Waals surface area contributed by atoms with Gasteiger partial charge < -0.3 is 9.05 Å². The van der Waals surface area contributed by atoms with Gasteiger partial charge in [0, 0.05) is 6.07 Å². The zero-order chi connectivity index (χ0) is 14.9. The molecule has 3 aromatic rings. The normalized spacial score (nSPS) is 19.0. The van der Waals surface area contributed by atoms with E-state index in [1.54, 1.807) is 11.3 Å². The van der Waals surface area contributed by atoms with Gasteiger partial charge in [0.1, 0.15) is 0 Å². The van der Waals surface area contributed by atoms with Crippen molar-refractivity contribution in [3.63, 3.8) is 0 Å². The zero-order valence-electron chi connectivity index (χ0n) is 12.2. The number of aromatic nitrogens is 3. The van der Waals surface area contributed by atoms with E-state index in [1.807, 2.05) is 30.5 Å². The van der Waals surface area contributed by atoms with Gasteiger partial charge >= 0.3 is 0 Å². The van der Waals surface area contributed by atoms with Crippen molar-refractivity contribution in [1.82, 2.24) is 20.2 Å². The highest BCUT2D eigenvalue weighted by Gasteiger charge is 2.30. The molecule has 4 rings (SSSR count). The summed E-state index contributed by atoms with van der Waals surface area (Å²) in [5.74, 6) is 2.24. The first-order valence-electron chi connectivity index (χ1n) is 7.33. The average Bonchev–Trinajstić information content (AvgIpc) is 3.26. The van der Waals surface area contributed by atoms with Crippen molar-refractivity contribution >= 4 is 11.3 Å². The van der Waals surface area contributed by atoms with Crippen LogP contribution in [0.4, 0.5) is 0 Å². The molecular weight excluding hydrogens is 300 g/mol. The van der Waals surface area contributed by atoms with Crippen molar-refractivity contribution < 1.29 is 9.05 Å². The topological polar surface area (TPSA) is 68.2 Å². The number of nitrogens with zero attached hydrogens (tertiary/aromatic N) is 4. The van der Waals surface area contributed by atoms with Crippen LogP contribution in [0.5, 0.6) is 0 Å². The first kappa shape index (κ1) is 13.7. The van der Waals surface area contributed by atoms with Gasteiger partial charge in [0.2, 0.25) is 0 Å². The summed E-state index contributed by atoms with van der Waals surface area (Å²) in [6.07, 6.45) is 2.21. The summed E-state index contributed by atoms with van der Waals surface area (Å²) in [6.45, 7) is 3.62. The second-order valence-corrected chi connectivity index (χ2v) is 6.44. The van der Waals surface area contributed by atoms with E-state index in [1.165, 1.54) is 0 Å². The molecule has 22 heavy (non-hydrogen) atoms. The van der Waals surface area contributed by atoms with E-state index in [4.69, 9.17) is 9.05 Å². The number of thiophene rings is 1. The van der Waals surface area contributed by atoms with E-state index in [9.17, 15) is 0 Å². The lowest BCUT2D eigenvalue weighted by Crippen LogP contribution is -2.23. The van der Waals surface area contributed by atoms with E-state index in [0.717, 1.165) is 35.7 Å². The lowest BCUT2D eigenvalue weighted by molar-refractivity contribution is 0.200. The summed E-state index contributed by atoms with van der Waals surface area (Å²) in [5, 5.41) is 10.1. The third-order valence-electron chi connectivity index (χ3n) is 3.88. The minimum absolute atomic E-state index is 0.255. The molecule has 114 valence electrons. The van der Waals surface area contributed by atoms with E-state index in [0.29, 0.717) is 18.3 Å². The fourth-order valence-corrected chi connectivity index (χ4v) is 3.52. The Morgan fingerprint density at radius 1 is 1.36 bits per heavy atom. The Morgan fingerprint density at radius 3 is 3.09 bits per heavy atom. The van der Waals surface area contributed by atoms with Crippen molar-refractivity contribution in [2.75, 3.05) is 6.54 Å². The van der Waals surface area contributed by atoms with Gasteiger partial charge in [-0.3, -0.25) is 4.90 Å². The van der Waals surface area contributed by atoms with Gasteiger partial charge in [-0.15, -0.1) is 11.3 Å². The van der Waals surface area contributed by atoms with E-state index in [-0.39, 0.29) is 6.04 Å². The molecular formula is C15H16N4O2S. The van der Waals surface area contributed by atoms with Crippen LogP contribution < -0.4 is 0 Å². The molecule has 1 aliphatic rings. The molecule has 1 saturated heterocycles. The number of hydrogen-bond acceptors (Lipinski definition) is 7. The molecule has 0 N–H and O–H groups in total. The molecule has 0 bridgehead atoms. The average molecular weight is 316 g/mol. The van der Waals surface area contributed by atoms with Crippen molar-refractivity contribution in [2.45, 2.75) is 32.4 Å². The Labute approximate surface area is 131 Å². The van der Waals surface area contributed by atoms with Crippen LogP contribution >= 0.6 is 11.3 Å². The number of rotatable bonds is 4. The first-order chi connectivity index (χ1) is 10.8. The Morgan fingerprint density at radius 2 is 2.32 bits per heavy atom. The van der Waals surface area contributed by atoms with Crippen LogP contribution in [-0.2, 0) is 6.54 Å². The molecule has 0 saturated carbocycles. The molecule has 0 radical (unpaired) electrons. The van der Waals surface area contributed by atoms with Crippen LogP contribution in [0, 0.1) is 6.92 Å². The predicted molar refractivity (Wildman–Crippen MR) is 81.2 cm³/mol. The smallest absolute Gasteiger partial charge is 0.268 e. The molecule has 1 fully saturated rings. The molecule has 0 aliphatic carbocycles. The van der Waals surface area contributed by atoms with Crippen molar-refractivity contribution in [2.24, 2.45) is 0 Å². The van der Waals surface area contributed by atoms with Gasteiger partial charge in [0.05, 0.1) is 23.2 Å². The number of hydrogen-bond donors (Lipinski definition) is 0. The van der Waals surface area contributed by atoms with Gasteiger partial charge in [-0.05, 0) is 37.8 Å². The summed E-state index contributed by atoms with van der Waals surface area (Å²) in [4.78, 5) is 7.82. The van der Waals surface area contributed by atoms with Gasteiger partial charge in [-0.1, -0.05) is 16.4 Å². The maximum absolute atomic E-state index is 5.43. The van der Waals surface area contributed by atoms with Crippen LogP contribution in [0.1, 0.15) is 36.2 Å². The molecule has 7 heteroatoms. The molecule has 0 amide bonds. The first-order valence-corrected chi connectivity index (χ1v) is 8.21. The fraction of sp³-hybridized carbons (Fsp3) is 0.400. The van der Waals surface area contributed by atoms with Crippen LogP contribution in [0.2, 0.25) is 0 Å². The summed E-state index contributed by atoms with van der Waals surface area (Å²) in [6, 6.07) is 6.23. The molecule has 6 nitrogen and oxygen atoms in total. The zero-order valence-corrected chi connectivity index (χ0v) is 13.0. The molecule has 0 spiro atoms. The largest absolute Gasteiger partial charge is 0.359 e. The third kappa shape index (κ3) is 2.57. The molecule has 1 unspecified atom stereocenters. The van der Waals surface area contributed by atoms with Crippen molar-refractivity contribution in [1.29, 1.82) is 0 Å². The van der Waals surface area contributed by atoms with E-state index < -0.39 is 0 Å². The predicted octanol–water partition coefficient (Wildman–Crippen LogP) is 3.43. The summed E-state index contributed by atoms with van der Waals surface area (Å²) in [7, 11) is 0. The SMILES string of the molecule is Cc1cc(C2CCCN2Cc2noc(-c3cccs3)n2)on1. The second kappa shape index (κ2) is 5.66. The standard InChI is InChI=1S/C15H16N4O2S/c1-10-8-12(20-17-10)11-4-2-6-19(11)9-14-16-15(21-18-14)13-5-3-7-22-13/h3,5,7-8,11H,2,4,6,9H2,1H3. The quantitative estimate of drug-likeness (QED) is 0.734.